The highest BCUT2D eigenvalue weighted by molar-refractivity contribution is 5.95. The Bertz CT molecular complexity index is 585. The van der Waals surface area contributed by atoms with Gasteiger partial charge in [-0.15, -0.1) is 0 Å². The Morgan fingerprint density at radius 2 is 2.10 bits per heavy atom. The quantitative estimate of drug-likeness (QED) is 0.792. The molecule has 1 unspecified atom stereocenters. The lowest BCUT2D eigenvalue weighted by Gasteiger charge is -2.38. The topological polar surface area (TPSA) is 40.6 Å². The van der Waals surface area contributed by atoms with Gasteiger partial charge in [-0.05, 0) is 37.5 Å². The number of rotatable bonds is 1. The molecule has 112 valence electrons. The molecule has 1 aromatic carbocycles. The van der Waals surface area contributed by atoms with Crippen LogP contribution in [0.2, 0.25) is 0 Å². The normalized spacial score (nSPS) is 25.7. The number of piperidine rings is 1. The van der Waals surface area contributed by atoms with Gasteiger partial charge in [-0.2, -0.15) is 0 Å². The maximum absolute atomic E-state index is 13.3. The van der Waals surface area contributed by atoms with E-state index in [0.29, 0.717) is 18.7 Å². The van der Waals surface area contributed by atoms with Crippen LogP contribution in [0.15, 0.2) is 24.3 Å². The Kier molecular flexibility index (Phi) is 3.43. The van der Waals surface area contributed by atoms with Gasteiger partial charge in [0.25, 0.3) is 5.91 Å². The van der Waals surface area contributed by atoms with Gasteiger partial charge in [0, 0.05) is 32.2 Å². The van der Waals surface area contributed by atoms with Gasteiger partial charge in [0.05, 0.1) is 5.41 Å². The molecule has 0 radical (unpaired) electrons. The summed E-state index contributed by atoms with van der Waals surface area (Å²) in [5.74, 6) is -0.459. The molecule has 5 heteroatoms. The third-order valence-electron chi connectivity index (χ3n) is 4.66. The van der Waals surface area contributed by atoms with Crippen molar-refractivity contribution in [1.82, 2.24) is 9.80 Å². The zero-order chi connectivity index (χ0) is 15.0. The fourth-order valence-electron chi connectivity index (χ4n) is 3.48. The molecule has 0 bridgehead atoms. The van der Waals surface area contributed by atoms with Crippen LogP contribution in [0.25, 0.3) is 0 Å². The first-order valence-electron chi connectivity index (χ1n) is 7.32. The van der Waals surface area contributed by atoms with E-state index in [1.54, 1.807) is 15.9 Å². The molecular formula is C16H19FN2O2. The monoisotopic (exact) mass is 290 g/mol. The van der Waals surface area contributed by atoms with Crippen LogP contribution in [-0.2, 0) is 4.79 Å². The van der Waals surface area contributed by atoms with Gasteiger partial charge in [0.15, 0.2) is 0 Å². The van der Waals surface area contributed by atoms with E-state index in [1.807, 2.05) is 7.05 Å². The van der Waals surface area contributed by atoms with Gasteiger partial charge in [-0.3, -0.25) is 9.59 Å². The number of carbonyl (C=O) groups is 2. The van der Waals surface area contributed by atoms with Gasteiger partial charge in [0.2, 0.25) is 5.91 Å². The van der Waals surface area contributed by atoms with E-state index in [2.05, 4.69) is 0 Å². The SMILES string of the molecule is CN1CCC2(CCCN(C(=O)c3cccc(F)c3)C2)C1=O. The molecule has 0 aliphatic carbocycles. The first kappa shape index (κ1) is 14.0. The molecule has 2 aliphatic heterocycles. The minimum Gasteiger partial charge on any atom is -0.345 e. The van der Waals surface area contributed by atoms with Gasteiger partial charge >= 0.3 is 0 Å². The minimum absolute atomic E-state index is 0.138. The lowest BCUT2D eigenvalue weighted by Crippen LogP contribution is -2.49. The van der Waals surface area contributed by atoms with Gasteiger partial charge in [-0.25, -0.2) is 4.39 Å². The van der Waals surface area contributed by atoms with Crippen molar-refractivity contribution in [3.63, 3.8) is 0 Å². The molecule has 3 rings (SSSR count). The maximum Gasteiger partial charge on any atom is 0.253 e. The number of carbonyl (C=O) groups excluding carboxylic acids is 2. The second-order valence-electron chi connectivity index (χ2n) is 6.10. The molecule has 21 heavy (non-hydrogen) atoms. The molecule has 0 N–H and O–H groups in total. The third-order valence-corrected chi connectivity index (χ3v) is 4.66. The summed E-state index contributed by atoms with van der Waals surface area (Å²) < 4.78 is 13.3. The summed E-state index contributed by atoms with van der Waals surface area (Å²) in [4.78, 5) is 28.3. The lowest BCUT2D eigenvalue weighted by molar-refractivity contribution is -0.137. The van der Waals surface area contributed by atoms with Gasteiger partial charge in [0.1, 0.15) is 5.82 Å². The Balaban J connectivity index is 1.80. The number of hydrogen-bond donors (Lipinski definition) is 0. The Morgan fingerprint density at radius 3 is 2.76 bits per heavy atom. The molecule has 2 fully saturated rings. The molecule has 1 atom stereocenters. The number of hydrogen-bond acceptors (Lipinski definition) is 2. The fraction of sp³-hybridized carbons (Fsp3) is 0.500. The molecule has 0 saturated carbocycles. The first-order chi connectivity index (χ1) is 10.0. The Morgan fingerprint density at radius 1 is 1.29 bits per heavy atom. The second-order valence-corrected chi connectivity index (χ2v) is 6.10. The van der Waals surface area contributed by atoms with Crippen LogP contribution in [0.5, 0.6) is 0 Å². The maximum atomic E-state index is 13.3. The number of benzene rings is 1. The van der Waals surface area contributed by atoms with Crippen molar-refractivity contribution in [1.29, 1.82) is 0 Å². The number of nitrogens with zero attached hydrogens (tertiary/aromatic N) is 2. The highest BCUT2D eigenvalue weighted by Gasteiger charge is 2.48. The van der Waals surface area contributed by atoms with E-state index >= 15 is 0 Å². The largest absolute Gasteiger partial charge is 0.345 e. The van der Waals surface area contributed by atoms with E-state index < -0.39 is 11.2 Å². The van der Waals surface area contributed by atoms with Crippen LogP contribution in [-0.4, -0.2) is 48.3 Å². The van der Waals surface area contributed by atoms with Crippen LogP contribution in [0, 0.1) is 11.2 Å². The van der Waals surface area contributed by atoms with E-state index in [-0.39, 0.29) is 11.8 Å². The van der Waals surface area contributed by atoms with Crippen molar-refractivity contribution >= 4 is 11.8 Å². The van der Waals surface area contributed by atoms with Crippen LogP contribution in [0.1, 0.15) is 29.6 Å². The van der Waals surface area contributed by atoms with Crippen molar-refractivity contribution < 1.29 is 14.0 Å². The lowest BCUT2D eigenvalue weighted by atomic mass is 9.78. The Labute approximate surface area is 123 Å². The van der Waals surface area contributed by atoms with E-state index in [1.165, 1.54) is 18.2 Å². The van der Waals surface area contributed by atoms with Crippen LogP contribution < -0.4 is 0 Å². The summed E-state index contributed by atoms with van der Waals surface area (Å²) in [7, 11) is 1.81. The molecule has 2 saturated heterocycles. The van der Waals surface area contributed by atoms with E-state index in [9.17, 15) is 14.0 Å². The smallest absolute Gasteiger partial charge is 0.253 e. The third kappa shape index (κ3) is 2.41. The van der Waals surface area contributed by atoms with Crippen LogP contribution in [0.4, 0.5) is 4.39 Å². The van der Waals surface area contributed by atoms with E-state index in [4.69, 9.17) is 0 Å². The predicted molar refractivity (Wildman–Crippen MR) is 76.2 cm³/mol. The molecular weight excluding hydrogens is 271 g/mol. The van der Waals surface area contributed by atoms with Gasteiger partial charge < -0.3 is 9.80 Å². The summed E-state index contributed by atoms with van der Waals surface area (Å²) in [6.45, 7) is 1.83. The van der Waals surface area contributed by atoms with Crippen LogP contribution >= 0.6 is 0 Å². The summed E-state index contributed by atoms with van der Waals surface area (Å²) in [6, 6.07) is 5.74. The standard InChI is InChI=1S/C16H19FN2O2/c1-18-9-7-16(15(18)21)6-3-8-19(11-16)14(20)12-4-2-5-13(17)10-12/h2,4-5,10H,3,6-9,11H2,1H3. The second kappa shape index (κ2) is 5.13. The number of likely N-dealkylation sites (tertiary alicyclic amines) is 2. The zero-order valence-electron chi connectivity index (χ0n) is 12.1. The average molecular weight is 290 g/mol. The minimum atomic E-state index is -0.421. The first-order valence-corrected chi connectivity index (χ1v) is 7.32. The van der Waals surface area contributed by atoms with Crippen molar-refractivity contribution in [2.24, 2.45) is 5.41 Å². The molecule has 2 heterocycles. The number of amides is 2. The summed E-state index contributed by atoms with van der Waals surface area (Å²) >= 11 is 0. The average Bonchev–Trinajstić information content (AvgIpc) is 2.75. The summed E-state index contributed by atoms with van der Waals surface area (Å²) in [6.07, 6.45) is 2.46. The Hall–Kier alpha value is -1.91. The molecule has 2 amide bonds. The molecule has 1 spiro atoms. The molecule has 2 aliphatic rings. The zero-order valence-corrected chi connectivity index (χ0v) is 12.1. The van der Waals surface area contributed by atoms with Crippen molar-refractivity contribution in [2.75, 3.05) is 26.7 Å². The molecule has 4 nitrogen and oxygen atoms in total. The van der Waals surface area contributed by atoms with Crippen LogP contribution in [0.3, 0.4) is 0 Å². The van der Waals surface area contributed by atoms with Crippen molar-refractivity contribution in [3.05, 3.63) is 35.6 Å². The van der Waals surface area contributed by atoms with Crippen molar-refractivity contribution in [3.8, 4) is 0 Å². The van der Waals surface area contributed by atoms with Crippen molar-refractivity contribution in [2.45, 2.75) is 19.3 Å². The van der Waals surface area contributed by atoms with E-state index in [0.717, 1.165) is 25.8 Å². The van der Waals surface area contributed by atoms with Gasteiger partial charge in [-0.1, -0.05) is 6.07 Å². The number of halogens is 1. The molecule has 1 aromatic rings. The highest BCUT2D eigenvalue weighted by atomic mass is 19.1. The molecule has 0 aromatic heterocycles. The summed E-state index contributed by atoms with van der Waals surface area (Å²) in [5, 5.41) is 0. The predicted octanol–water partition coefficient (Wildman–Crippen LogP) is 1.91. The highest BCUT2D eigenvalue weighted by Crippen LogP contribution is 2.39. The summed E-state index contributed by atoms with van der Waals surface area (Å²) in [5.41, 5.74) is -0.0680. The fourth-order valence-corrected chi connectivity index (χ4v) is 3.48.